The highest BCUT2D eigenvalue weighted by atomic mass is 19.1. The van der Waals surface area contributed by atoms with E-state index < -0.39 is 29.9 Å². The maximum Gasteiger partial charge on any atom is 0.407 e. The molecular formula is C26H35FN2O5. The molecule has 34 heavy (non-hydrogen) atoms. The summed E-state index contributed by atoms with van der Waals surface area (Å²) in [5.74, 6) is 0.900. The van der Waals surface area contributed by atoms with Crippen molar-refractivity contribution in [1.29, 1.82) is 0 Å². The van der Waals surface area contributed by atoms with Crippen LogP contribution in [-0.2, 0) is 11.3 Å². The largest absolute Gasteiger partial charge is 0.497 e. The van der Waals surface area contributed by atoms with Gasteiger partial charge in [-0.1, -0.05) is 12.1 Å². The van der Waals surface area contributed by atoms with Crippen LogP contribution in [0.1, 0.15) is 39.2 Å². The second-order valence-electron chi connectivity index (χ2n) is 9.68. The summed E-state index contributed by atoms with van der Waals surface area (Å²) < 4.78 is 30.0. The number of carbonyl (C=O) groups is 1. The molecule has 0 radical (unpaired) electrons. The van der Waals surface area contributed by atoms with Gasteiger partial charge < -0.3 is 24.6 Å². The van der Waals surface area contributed by atoms with Crippen molar-refractivity contribution in [3.05, 3.63) is 59.9 Å². The minimum atomic E-state index is -0.901. The Bertz CT molecular complexity index is 930. The van der Waals surface area contributed by atoms with Crippen molar-refractivity contribution in [2.75, 3.05) is 14.2 Å². The first-order valence-electron chi connectivity index (χ1n) is 11.5. The van der Waals surface area contributed by atoms with E-state index in [4.69, 9.17) is 14.2 Å². The van der Waals surface area contributed by atoms with Crippen molar-refractivity contribution < 1.29 is 28.5 Å². The number of nitrogens with zero attached hydrogens (tertiary/aromatic N) is 1. The lowest BCUT2D eigenvalue weighted by Gasteiger charge is -2.44. The molecule has 186 valence electrons. The SMILES string of the molecule is COc1ccc(CN(C)[C@@H]2[C@@H](O)[C@H](Oc3ccc(F)cc3)CC[C@H]2NC(=O)OC(C)(C)C)cc1. The lowest BCUT2D eigenvalue weighted by atomic mass is 9.84. The zero-order chi connectivity index (χ0) is 24.9. The molecule has 0 bridgehead atoms. The van der Waals surface area contributed by atoms with E-state index in [1.807, 2.05) is 57.0 Å². The summed E-state index contributed by atoms with van der Waals surface area (Å²) in [6.45, 7) is 5.97. The molecule has 0 unspecified atom stereocenters. The summed E-state index contributed by atoms with van der Waals surface area (Å²) >= 11 is 0. The van der Waals surface area contributed by atoms with E-state index in [1.165, 1.54) is 12.1 Å². The maximum atomic E-state index is 13.3. The number of hydrogen-bond donors (Lipinski definition) is 2. The predicted molar refractivity (Wildman–Crippen MR) is 127 cm³/mol. The van der Waals surface area contributed by atoms with Crippen molar-refractivity contribution in [3.63, 3.8) is 0 Å². The van der Waals surface area contributed by atoms with Crippen LogP contribution in [0.4, 0.5) is 9.18 Å². The standard InChI is InChI=1S/C26H35FN2O5/c1-26(2,3)34-25(31)28-21-14-15-22(33-20-12-8-18(27)9-13-20)24(30)23(21)29(4)16-17-6-10-19(32-5)11-7-17/h6-13,21-24,30H,14-16H2,1-5H3,(H,28,31)/t21-,22-,23+,24+/m1/s1. The third-order valence-electron chi connectivity index (χ3n) is 5.81. The fourth-order valence-electron chi connectivity index (χ4n) is 4.27. The average Bonchev–Trinajstić information content (AvgIpc) is 2.76. The second-order valence-corrected chi connectivity index (χ2v) is 9.68. The van der Waals surface area contributed by atoms with E-state index in [-0.39, 0.29) is 11.9 Å². The van der Waals surface area contributed by atoms with Crippen LogP contribution in [0.15, 0.2) is 48.5 Å². The first-order valence-corrected chi connectivity index (χ1v) is 11.5. The van der Waals surface area contributed by atoms with Gasteiger partial charge in [0.15, 0.2) is 0 Å². The van der Waals surface area contributed by atoms with Gasteiger partial charge >= 0.3 is 6.09 Å². The van der Waals surface area contributed by atoms with Gasteiger partial charge in [-0.15, -0.1) is 0 Å². The number of rotatable bonds is 7. The zero-order valence-electron chi connectivity index (χ0n) is 20.5. The lowest BCUT2D eigenvalue weighted by molar-refractivity contribution is -0.0632. The Labute approximate surface area is 200 Å². The average molecular weight is 475 g/mol. The van der Waals surface area contributed by atoms with Crippen molar-refractivity contribution in [2.24, 2.45) is 0 Å². The summed E-state index contributed by atoms with van der Waals surface area (Å²) in [4.78, 5) is 14.5. The second kappa shape index (κ2) is 11.1. The van der Waals surface area contributed by atoms with Gasteiger partial charge in [0.2, 0.25) is 0 Å². The molecule has 0 aliphatic heterocycles. The fraction of sp³-hybridized carbons (Fsp3) is 0.500. The minimum Gasteiger partial charge on any atom is -0.497 e. The molecule has 1 aliphatic rings. The van der Waals surface area contributed by atoms with Crippen LogP contribution >= 0.6 is 0 Å². The van der Waals surface area contributed by atoms with Gasteiger partial charge in [0.1, 0.15) is 35.1 Å². The Kier molecular flexibility index (Phi) is 8.38. The van der Waals surface area contributed by atoms with Gasteiger partial charge in [0.25, 0.3) is 0 Å². The number of likely N-dealkylation sites (N-methyl/N-ethyl adjacent to an activating group) is 1. The number of nitrogens with one attached hydrogen (secondary N) is 1. The van der Waals surface area contributed by atoms with Gasteiger partial charge in [-0.25, -0.2) is 9.18 Å². The van der Waals surface area contributed by atoms with E-state index in [9.17, 15) is 14.3 Å². The molecule has 2 N–H and O–H groups in total. The Morgan fingerprint density at radius 2 is 1.71 bits per heavy atom. The Morgan fingerprint density at radius 1 is 1.09 bits per heavy atom. The van der Waals surface area contributed by atoms with Crippen LogP contribution in [0.5, 0.6) is 11.5 Å². The van der Waals surface area contributed by atoms with Gasteiger partial charge in [-0.2, -0.15) is 0 Å². The monoisotopic (exact) mass is 474 g/mol. The van der Waals surface area contributed by atoms with Crippen molar-refractivity contribution in [1.82, 2.24) is 10.2 Å². The fourth-order valence-corrected chi connectivity index (χ4v) is 4.27. The van der Waals surface area contributed by atoms with E-state index >= 15 is 0 Å². The molecule has 8 heteroatoms. The van der Waals surface area contributed by atoms with Gasteiger partial charge in [0.05, 0.1) is 19.2 Å². The number of aliphatic hydroxyl groups excluding tert-OH is 1. The van der Waals surface area contributed by atoms with Crippen LogP contribution in [0.25, 0.3) is 0 Å². The first kappa shape index (κ1) is 25.8. The molecular weight excluding hydrogens is 439 g/mol. The zero-order valence-corrected chi connectivity index (χ0v) is 20.5. The Hall–Kier alpha value is -2.84. The van der Waals surface area contributed by atoms with E-state index in [2.05, 4.69) is 5.32 Å². The molecule has 0 saturated heterocycles. The number of aliphatic hydroxyl groups is 1. The van der Waals surface area contributed by atoms with E-state index in [1.54, 1.807) is 19.2 Å². The summed E-state index contributed by atoms with van der Waals surface area (Å²) in [5, 5.41) is 14.3. The van der Waals surface area contributed by atoms with E-state index in [0.717, 1.165) is 11.3 Å². The molecule has 1 saturated carbocycles. The van der Waals surface area contributed by atoms with Crippen LogP contribution in [-0.4, -0.2) is 60.1 Å². The van der Waals surface area contributed by atoms with Crippen LogP contribution in [0.3, 0.4) is 0 Å². The smallest absolute Gasteiger partial charge is 0.407 e. The molecule has 0 spiro atoms. The number of amides is 1. The van der Waals surface area contributed by atoms with Gasteiger partial charge in [-0.3, -0.25) is 4.90 Å². The predicted octanol–water partition coefficient (Wildman–Crippen LogP) is 4.13. The lowest BCUT2D eigenvalue weighted by Crippen LogP contribution is -2.63. The Morgan fingerprint density at radius 3 is 2.29 bits per heavy atom. The highest BCUT2D eigenvalue weighted by Crippen LogP contribution is 2.29. The molecule has 1 amide bonds. The number of methoxy groups -OCH3 is 1. The highest BCUT2D eigenvalue weighted by Gasteiger charge is 2.43. The van der Waals surface area contributed by atoms with Crippen LogP contribution in [0, 0.1) is 5.82 Å². The molecule has 4 atom stereocenters. The number of benzene rings is 2. The molecule has 3 rings (SSSR count). The highest BCUT2D eigenvalue weighted by molar-refractivity contribution is 5.68. The molecule has 0 aromatic heterocycles. The Balaban J connectivity index is 1.77. The molecule has 1 fully saturated rings. The van der Waals surface area contributed by atoms with Gasteiger partial charge in [0, 0.05) is 6.54 Å². The van der Waals surface area contributed by atoms with Crippen molar-refractivity contribution in [2.45, 2.75) is 70.1 Å². The number of hydrogen-bond acceptors (Lipinski definition) is 6. The molecule has 7 nitrogen and oxygen atoms in total. The van der Waals surface area contributed by atoms with E-state index in [0.29, 0.717) is 25.1 Å². The number of ether oxygens (including phenoxy) is 3. The third kappa shape index (κ3) is 7.08. The minimum absolute atomic E-state index is 0.346. The first-order chi connectivity index (χ1) is 16.1. The van der Waals surface area contributed by atoms with Crippen LogP contribution < -0.4 is 14.8 Å². The topological polar surface area (TPSA) is 80.3 Å². The molecule has 1 aliphatic carbocycles. The molecule has 2 aromatic carbocycles. The summed E-state index contributed by atoms with van der Waals surface area (Å²) in [7, 11) is 3.52. The molecule has 2 aromatic rings. The summed E-state index contributed by atoms with van der Waals surface area (Å²) in [6, 6.07) is 12.7. The maximum absolute atomic E-state index is 13.3. The summed E-state index contributed by atoms with van der Waals surface area (Å²) in [5.41, 5.74) is 0.406. The normalized spacial score (nSPS) is 22.8. The number of alkyl carbamates (subject to hydrolysis) is 1. The molecule has 0 heterocycles. The van der Waals surface area contributed by atoms with Crippen LogP contribution in [0.2, 0.25) is 0 Å². The van der Waals surface area contributed by atoms with Crippen molar-refractivity contribution >= 4 is 6.09 Å². The van der Waals surface area contributed by atoms with Crippen molar-refractivity contribution in [3.8, 4) is 11.5 Å². The quantitative estimate of drug-likeness (QED) is 0.628. The number of carbonyl (C=O) groups excluding carboxylic acids is 1. The van der Waals surface area contributed by atoms with Gasteiger partial charge in [-0.05, 0) is 82.6 Å². The number of halogens is 1. The summed E-state index contributed by atoms with van der Waals surface area (Å²) in [6.07, 6.45) is -0.830. The third-order valence-corrected chi connectivity index (χ3v) is 5.81.